The standard InChI is InChI=1S/C26H29FN6O3/c27-22-15-32(13-17-1-3-18(4-2-17)20-7-12-36-16-20)11-9-26(22,8-10-28)33-14-21(23(29)34)24(31-33)30-25(35)19-5-6-19/h1-4,7,12,14,16,19,22-23,34H,5-6,8-9,11,13,15,29H2,(H,30,31,35). The van der Waals surface area contributed by atoms with Crippen molar-refractivity contribution in [3.63, 3.8) is 0 Å². The number of alkyl halides is 1. The molecule has 4 N–H and O–H groups in total. The van der Waals surface area contributed by atoms with Crippen molar-refractivity contribution in [3.8, 4) is 17.2 Å². The van der Waals surface area contributed by atoms with Crippen molar-refractivity contribution >= 4 is 11.7 Å². The van der Waals surface area contributed by atoms with Crippen LogP contribution >= 0.6 is 0 Å². The van der Waals surface area contributed by atoms with Crippen molar-refractivity contribution in [1.29, 1.82) is 5.26 Å². The Morgan fingerprint density at radius 2 is 2.11 bits per heavy atom. The number of nitrogens with one attached hydrogen (secondary N) is 1. The number of halogens is 1. The predicted octanol–water partition coefficient (Wildman–Crippen LogP) is 3.29. The van der Waals surface area contributed by atoms with Crippen molar-refractivity contribution in [1.82, 2.24) is 14.7 Å². The molecule has 0 bridgehead atoms. The minimum absolute atomic E-state index is 0.0723. The molecule has 3 heterocycles. The van der Waals surface area contributed by atoms with Gasteiger partial charge in [-0.25, -0.2) is 4.39 Å². The molecule has 2 fully saturated rings. The average Bonchev–Trinajstić information content (AvgIpc) is 3.40. The SMILES string of the molecule is N#CCC1(n2cc(C(N)O)c(NC(=O)C3CC3)n2)CCN(Cc2ccc(-c3ccoc3)cc2)CC1F. The normalized spacial score (nSPS) is 23.2. The Kier molecular flexibility index (Phi) is 6.62. The summed E-state index contributed by atoms with van der Waals surface area (Å²) in [6.07, 6.45) is 3.84. The highest BCUT2D eigenvalue weighted by Gasteiger charge is 2.46. The van der Waals surface area contributed by atoms with E-state index < -0.39 is 17.9 Å². The maximum atomic E-state index is 15.9. The van der Waals surface area contributed by atoms with Crippen LogP contribution in [-0.2, 0) is 16.9 Å². The number of aliphatic hydroxyl groups excluding tert-OH is 1. The molecule has 2 aromatic heterocycles. The number of carbonyl (C=O) groups excluding carboxylic acids is 1. The molecule has 188 valence electrons. The van der Waals surface area contributed by atoms with E-state index in [9.17, 15) is 15.2 Å². The summed E-state index contributed by atoms with van der Waals surface area (Å²) in [6.45, 7) is 1.24. The average molecular weight is 493 g/mol. The number of anilines is 1. The van der Waals surface area contributed by atoms with Crippen molar-refractivity contribution in [2.45, 2.75) is 50.2 Å². The minimum Gasteiger partial charge on any atom is -0.472 e. The fraction of sp³-hybridized carbons (Fsp3) is 0.423. The summed E-state index contributed by atoms with van der Waals surface area (Å²) in [4.78, 5) is 14.3. The van der Waals surface area contributed by atoms with E-state index in [1.54, 1.807) is 12.5 Å². The van der Waals surface area contributed by atoms with Crippen LogP contribution < -0.4 is 11.1 Å². The number of rotatable bonds is 8. The van der Waals surface area contributed by atoms with E-state index in [4.69, 9.17) is 10.2 Å². The molecule has 9 nitrogen and oxygen atoms in total. The van der Waals surface area contributed by atoms with Gasteiger partial charge in [0, 0.05) is 37.3 Å². The maximum absolute atomic E-state index is 15.9. The third-order valence-corrected chi connectivity index (χ3v) is 7.17. The molecule has 3 atom stereocenters. The Morgan fingerprint density at radius 3 is 2.72 bits per heavy atom. The van der Waals surface area contributed by atoms with Crippen LogP contribution in [0.25, 0.3) is 11.1 Å². The molecule has 3 unspecified atom stereocenters. The van der Waals surface area contributed by atoms with Gasteiger partial charge in [0.15, 0.2) is 5.82 Å². The number of aromatic nitrogens is 2. The number of carbonyl (C=O) groups is 1. The Hall–Kier alpha value is -3.52. The van der Waals surface area contributed by atoms with Crippen LogP contribution in [0.3, 0.4) is 0 Å². The van der Waals surface area contributed by atoms with Crippen molar-refractivity contribution < 1.29 is 18.7 Å². The first-order valence-electron chi connectivity index (χ1n) is 12.1. The number of benzene rings is 1. The molecule has 1 aliphatic heterocycles. The smallest absolute Gasteiger partial charge is 0.228 e. The number of piperidine rings is 1. The first-order valence-corrected chi connectivity index (χ1v) is 12.1. The topological polar surface area (TPSA) is 133 Å². The molecule has 5 rings (SSSR count). The van der Waals surface area contributed by atoms with Gasteiger partial charge < -0.3 is 20.6 Å². The molecule has 36 heavy (non-hydrogen) atoms. The third kappa shape index (κ3) is 4.78. The zero-order valence-electron chi connectivity index (χ0n) is 19.8. The largest absolute Gasteiger partial charge is 0.472 e. The molecule has 1 saturated heterocycles. The third-order valence-electron chi connectivity index (χ3n) is 7.17. The molecule has 0 radical (unpaired) electrons. The number of nitriles is 1. The Balaban J connectivity index is 1.32. The van der Waals surface area contributed by atoms with Gasteiger partial charge >= 0.3 is 0 Å². The fourth-order valence-corrected chi connectivity index (χ4v) is 4.80. The van der Waals surface area contributed by atoms with Gasteiger partial charge in [0.25, 0.3) is 0 Å². The van der Waals surface area contributed by atoms with E-state index in [2.05, 4.69) is 16.5 Å². The molecular formula is C26H29FN6O3. The van der Waals surface area contributed by atoms with Crippen molar-refractivity contribution in [2.24, 2.45) is 11.7 Å². The number of nitrogens with two attached hydrogens (primary N) is 1. The highest BCUT2D eigenvalue weighted by atomic mass is 19.1. The number of aliphatic hydroxyl groups is 1. The lowest BCUT2D eigenvalue weighted by Gasteiger charge is -2.43. The first-order chi connectivity index (χ1) is 17.4. The summed E-state index contributed by atoms with van der Waals surface area (Å²) in [5.41, 5.74) is 7.79. The van der Waals surface area contributed by atoms with Gasteiger partial charge in [0.05, 0.1) is 30.6 Å². The van der Waals surface area contributed by atoms with E-state index in [1.807, 2.05) is 35.2 Å². The number of hydrogen-bond acceptors (Lipinski definition) is 7. The van der Waals surface area contributed by atoms with Crippen LogP contribution in [-0.4, -0.2) is 45.0 Å². The van der Waals surface area contributed by atoms with Crippen molar-refractivity contribution in [2.75, 3.05) is 18.4 Å². The number of furan rings is 1. The molecule has 0 spiro atoms. The van der Waals surface area contributed by atoms with Crippen LogP contribution in [0.2, 0.25) is 0 Å². The van der Waals surface area contributed by atoms with Crippen molar-refractivity contribution in [3.05, 3.63) is 60.2 Å². The molecule has 1 amide bonds. The van der Waals surface area contributed by atoms with Crippen LogP contribution in [0, 0.1) is 17.2 Å². The number of hydrogen-bond donors (Lipinski definition) is 3. The molecular weight excluding hydrogens is 463 g/mol. The lowest BCUT2D eigenvalue weighted by Crippen LogP contribution is -2.54. The molecule has 10 heteroatoms. The van der Waals surface area contributed by atoms with Gasteiger partial charge in [-0.15, -0.1) is 0 Å². The molecule has 1 aromatic carbocycles. The molecule has 1 saturated carbocycles. The zero-order valence-corrected chi connectivity index (χ0v) is 19.8. The second-order valence-electron chi connectivity index (χ2n) is 9.69. The summed E-state index contributed by atoms with van der Waals surface area (Å²) in [5.74, 6) is -0.148. The van der Waals surface area contributed by atoms with Crippen LogP contribution in [0.15, 0.2) is 53.5 Å². The van der Waals surface area contributed by atoms with Gasteiger partial charge in [-0.1, -0.05) is 24.3 Å². The summed E-state index contributed by atoms with van der Waals surface area (Å²) in [6, 6.07) is 12.1. The number of nitrogens with zero attached hydrogens (tertiary/aromatic N) is 4. The first kappa shape index (κ1) is 24.2. The van der Waals surface area contributed by atoms with E-state index >= 15 is 4.39 Å². The second-order valence-corrected chi connectivity index (χ2v) is 9.69. The lowest BCUT2D eigenvalue weighted by atomic mass is 9.83. The van der Waals surface area contributed by atoms with E-state index in [-0.39, 0.29) is 36.2 Å². The Bertz CT molecular complexity index is 1250. The van der Waals surface area contributed by atoms with E-state index in [1.165, 1.54) is 10.9 Å². The Morgan fingerprint density at radius 1 is 1.33 bits per heavy atom. The summed E-state index contributed by atoms with van der Waals surface area (Å²) in [7, 11) is 0. The highest BCUT2D eigenvalue weighted by Crippen LogP contribution is 2.38. The quantitative estimate of drug-likeness (QED) is 0.411. The highest BCUT2D eigenvalue weighted by molar-refractivity contribution is 5.93. The molecule has 1 aliphatic carbocycles. The van der Waals surface area contributed by atoms with Gasteiger partial charge in [-0.3, -0.25) is 14.4 Å². The van der Waals surface area contributed by atoms with Gasteiger partial charge in [-0.05, 0) is 36.5 Å². The molecule has 2 aliphatic rings. The van der Waals surface area contributed by atoms with Crippen LogP contribution in [0.5, 0.6) is 0 Å². The van der Waals surface area contributed by atoms with Gasteiger partial charge in [-0.2, -0.15) is 10.4 Å². The summed E-state index contributed by atoms with van der Waals surface area (Å²) in [5, 5.41) is 26.7. The lowest BCUT2D eigenvalue weighted by molar-refractivity contribution is -0.117. The summed E-state index contributed by atoms with van der Waals surface area (Å²) >= 11 is 0. The summed E-state index contributed by atoms with van der Waals surface area (Å²) < 4.78 is 22.4. The Labute approximate surface area is 208 Å². The van der Waals surface area contributed by atoms with Crippen LogP contribution in [0.4, 0.5) is 10.2 Å². The van der Waals surface area contributed by atoms with E-state index in [0.29, 0.717) is 19.5 Å². The predicted molar refractivity (Wildman–Crippen MR) is 130 cm³/mol. The minimum atomic E-state index is -1.40. The number of amides is 1. The monoisotopic (exact) mass is 492 g/mol. The maximum Gasteiger partial charge on any atom is 0.228 e. The molecule has 3 aromatic rings. The van der Waals surface area contributed by atoms with E-state index in [0.717, 1.165) is 29.5 Å². The van der Waals surface area contributed by atoms with Crippen LogP contribution in [0.1, 0.15) is 43.0 Å². The fourth-order valence-electron chi connectivity index (χ4n) is 4.80. The zero-order chi connectivity index (χ0) is 25.3. The number of likely N-dealkylation sites (tertiary alicyclic amines) is 1. The second kappa shape index (κ2) is 9.85. The van der Waals surface area contributed by atoms with Gasteiger partial charge in [0.1, 0.15) is 17.9 Å². The van der Waals surface area contributed by atoms with Gasteiger partial charge in [0.2, 0.25) is 5.91 Å².